The fraction of sp³-hybridized carbons (Fsp3) is 0.600. The van der Waals surface area contributed by atoms with Crippen LogP contribution in [-0.4, -0.2) is 61.8 Å². The topological polar surface area (TPSA) is 150 Å². The van der Waals surface area contributed by atoms with Crippen molar-refractivity contribution < 1.29 is 29.3 Å². The lowest BCUT2D eigenvalue weighted by Crippen LogP contribution is -2.34. The zero-order chi connectivity index (χ0) is 14.9. The van der Waals surface area contributed by atoms with E-state index in [9.17, 15) is 19.8 Å². The summed E-state index contributed by atoms with van der Waals surface area (Å²) in [5.41, 5.74) is 5.01. The second-order valence-electron chi connectivity index (χ2n) is 4.26. The van der Waals surface area contributed by atoms with E-state index in [0.29, 0.717) is 0 Å². The zero-order valence-corrected chi connectivity index (χ0v) is 10.5. The third-order valence-corrected chi connectivity index (χ3v) is 2.78. The predicted octanol–water partition coefficient (Wildman–Crippen LogP) is -2.44. The standard InChI is InChI=1S/C10H14N4O6/c1-4(15)19-2-5-6(16)7(17)10(20-5)14-3-12-9(13-14)8(11)18/h3,5-7,10,16-17H,2H2,1H3,(H2,11,18)/t5-,6+,7+,10-/m0/s1. The Morgan fingerprint density at radius 3 is 2.75 bits per heavy atom. The van der Waals surface area contributed by atoms with Crippen LogP contribution in [0.4, 0.5) is 0 Å². The molecule has 10 nitrogen and oxygen atoms in total. The second kappa shape index (κ2) is 5.53. The molecule has 10 heteroatoms. The van der Waals surface area contributed by atoms with E-state index in [1.807, 2.05) is 0 Å². The summed E-state index contributed by atoms with van der Waals surface area (Å²) in [5.74, 6) is -1.59. The third kappa shape index (κ3) is 2.76. The Morgan fingerprint density at radius 2 is 2.20 bits per heavy atom. The van der Waals surface area contributed by atoms with Gasteiger partial charge in [0.2, 0.25) is 5.82 Å². The van der Waals surface area contributed by atoms with E-state index in [0.717, 1.165) is 11.0 Å². The molecule has 1 aromatic rings. The summed E-state index contributed by atoms with van der Waals surface area (Å²) >= 11 is 0. The summed E-state index contributed by atoms with van der Waals surface area (Å²) in [5, 5.41) is 23.4. The number of ether oxygens (including phenoxy) is 2. The average molecular weight is 286 g/mol. The highest BCUT2D eigenvalue weighted by molar-refractivity contribution is 5.88. The first kappa shape index (κ1) is 14.4. The summed E-state index contributed by atoms with van der Waals surface area (Å²) in [6.45, 7) is 1.01. The molecule has 2 heterocycles. The molecule has 1 saturated heterocycles. The van der Waals surface area contributed by atoms with Gasteiger partial charge in [-0.1, -0.05) is 0 Å². The molecule has 0 bridgehead atoms. The van der Waals surface area contributed by atoms with E-state index in [1.165, 1.54) is 6.92 Å². The monoisotopic (exact) mass is 286 g/mol. The molecule has 4 N–H and O–H groups in total. The van der Waals surface area contributed by atoms with Crippen molar-refractivity contribution in [3.05, 3.63) is 12.2 Å². The lowest BCUT2D eigenvalue weighted by atomic mass is 10.1. The number of rotatable bonds is 4. The lowest BCUT2D eigenvalue weighted by molar-refractivity contribution is -0.147. The summed E-state index contributed by atoms with van der Waals surface area (Å²) in [4.78, 5) is 25.2. The van der Waals surface area contributed by atoms with Crippen molar-refractivity contribution in [2.24, 2.45) is 5.73 Å². The fourth-order valence-corrected chi connectivity index (χ4v) is 1.80. The quantitative estimate of drug-likeness (QED) is 0.516. The lowest BCUT2D eigenvalue weighted by Gasteiger charge is -2.13. The van der Waals surface area contributed by atoms with Crippen molar-refractivity contribution in [2.45, 2.75) is 31.5 Å². The molecule has 1 amide bonds. The summed E-state index contributed by atoms with van der Waals surface area (Å²) in [7, 11) is 0. The maximum absolute atomic E-state index is 10.9. The van der Waals surface area contributed by atoms with Crippen LogP contribution in [0, 0.1) is 0 Å². The molecule has 0 unspecified atom stereocenters. The summed E-state index contributed by atoms with van der Waals surface area (Å²) in [6.07, 6.45) is -3.38. The zero-order valence-electron chi connectivity index (χ0n) is 10.5. The molecule has 0 radical (unpaired) electrons. The number of aliphatic hydroxyl groups excluding tert-OH is 2. The van der Waals surface area contributed by atoms with Gasteiger partial charge in [-0.25, -0.2) is 9.67 Å². The number of nitrogens with two attached hydrogens (primary N) is 1. The number of aliphatic hydroxyl groups is 2. The summed E-state index contributed by atoms with van der Waals surface area (Å²) < 4.78 is 11.1. The predicted molar refractivity (Wildman–Crippen MR) is 61.1 cm³/mol. The van der Waals surface area contributed by atoms with Gasteiger partial charge in [0.05, 0.1) is 0 Å². The molecule has 1 fully saturated rings. The first-order chi connectivity index (χ1) is 9.40. The van der Waals surface area contributed by atoms with Crippen molar-refractivity contribution in [1.82, 2.24) is 14.8 Å². The molecular weight excluding hydrogens is 272 g/mol. The largest absolute Gasteiger partial charge is 0.463 e. The van der Waals surface area contributed by atoms with Crippen molar-refractivity contribution in [3.63, 3.8) is 0 Å². The Hall–Kier alpha value is -2.04. The van der Waals surface area contributed by atoms with Gasteiger partial charge >= 0.3 is 5.97 Å². The summed E-state index contributed by atoms with van der Waals surface area (Å²) in [6, 6.07) is 0. The Bertz CT molecular complexity index is 518. The van der Waals surface area contributed by atoms with Crippen LogP contribution in [0.25, 0.3) is 0 Å². The molecule has 20 heavy (non-hydrogen) atoms. The number of primary amides is 1. The minimum atomic E-state index is -1.31. The molecule has 0 saturated carbocycles. The first-order valence-corrected chi connectivity index (χ1v) is 5.76. The highest BCUT2D eigenvalue weighted by atomic mass is 16.6. The SMILES string of the molecule is CC(=O)OC[C@@H]1O[C@H](n2cnc(C(N)=O)n2)[C@H](O)[C@@H]1O. The van der Waals surface area contributed by atoms with Crippen LogP contribution in [0.2, 0.25) is 0 Å². The van der Waals surface area contributed by atoms with Gasteiger partial charge in [0.25, 0.3) is 5.91 Å². The molecule has 110 valence electrons. The maximum Gasteiger partial charge on any atom is 0.302 e. The minimum Gasteiger partial charge on any atom is -0.463 e. The van der Waals surface area contributed by atoms with Crippen LogP contribution in [-0.2, 0) is 14.3 Å². The number of amides is 1. The van der Waals surface area contributed by atoms with E-state index >= 15 is 0 Å². The normalized spacial score (nSPS) is 29.4. The molecule has 1 aliphatic heterocycles. The van der Waals surface area contributed by atoms with Crippen molar-refractivity contribution in [3.8, 4) is 0 Å². The van der Waals surface area contributed by atoms with Gasteiger partial charge in [-0.2, -0.15) is 0 Å². The van der Waals surface area contributed by atoms with Crippen molar-refractivity contribution in [1.29, 1.82) is 0 Å². The number of hydrogen-bond donors (Lipinski definition) is 3. The van der Waals surface area contributed by atoms with Gasteiger partial charge in [-0.15, -0.1) is 5.10 Å². The van der Waals surface area contributed by atoms with E-state index in [1.54, 1.807) is 0 Å². The van der Waals surface area contributed by atoms with E-state index in [-0.39, 0.29) is 12.4 Å². The Balaban J connectivity index is 2.08. The van der Waals surface area contributed by atoms with Crippen molar-refractivity contribution in [2.75, 3.05) is 6.61 Å². The van der Waals surface area contributed by atoms with Gasteiger partial charge in [0, 0.05) is 6.92 Å². The second-order valence-corrected chi connectivity index (χ2v) is 4.26. The number of aromatic nitrogens is 3. The van der Waals surface area contributed by atoms with E-state index in [2.05, 4.69) is 10.1 Å². The van der Waals surface area contributed by atoms with Crippen LogP contribution >= 0.6 is 0 Å². The van der Waals surface area contributed by atoms with Gasteiger partial charge in [0.15, 0.2) is 6.23 Å². The van der Waals surface area contributed by atoms with Crippen LogP contribution in [0.15, 0.2) is 6.33 Å². The van der Waals surface area contributed by atoms with Crippen molar-refractivity contribution >= 4 is 11.9 Å². The minimum absolute atomic E-state index is 0.207. The van der Waals surface area contributed by atoms with E-state index < -0.39 is 36.4 Å². The fourth-order valence-electron chi connectivity index (χ4n) is 1.80. The van der Waals surface area contributed by atoms with Crippen LogP contribution < -0.4 is 5.73 Å². The number of hydrogen-bond acceptors (Lipinski definition) is 8. The molecule has 2 rings (SSSR count). The highest BCUT2D eigenvalue weighted by Crippen LogP contribution is 2.28. The highest BCUT2D eigenvalue weighted by Gasteiger charge is 2.44. The molecule has 0 aliphatic carbocycles. The number of carbonyl (C=O) groups excluding carboxylic acids is 2. The van der Waals surface area contributed by atoms with Crippen LogP contribution in [0.3, 0.4) is 0 Å². The molecule has 0 aromatic carbocycles. The molecule has 1 aliphatic rings. The Kier molecular flexibility index (Phi) is 3.97. The number of nitrogens with zero attached hydrogens (tertiary/aromatic N) is 3. The van der Waals surface area contributed by atoms with Gasteiger partial charge in [-0.05, 0) is 0 Å². The van der Waals surface area contributed by atoms with Gasteiger partial charge in [-0.3, -0.25) is 9.59 Å². The van der Waals surface area contributed by atoms with Gasteiger partial charge in [0.1, 0.15) is 31.2 Å². The molecule has 0 spiro atoms. The average Bonchev–Trinajstić information content (AvgIpc) is 2.95. The van der Waals surface area contributed by atoms with Gasteiger partial charge < -0.3 is 25.4 Å². The van der Waals surface area contributed by atoms with E-state index in [4.69, 9.17) is 15.2 Å². The first-order valence-electron chi connectivity index (χ1n) is 5.76. The smallest absolute Gasteiger partial charge is 0.302 e. The number of carbonyl (C=O) groups is 2. The maximum atomic E-state index is 10.9. The molecular formula is C10H14N4O6. The van der Waals surface area contributed by atoms with Crippen LogP contribution in [0.1, 0.15) is 23.8 Å². The Labute approximate surface area is 113 Å². The number of esters is 1. The molecule has 4 atom stereocenters. The van der Waals surface area contributed by atoms with Crippen LogP contribution in [0.5, 0.6) is 0 Å². The third-order valence-electron chi connectivity index (χ3n) is 2.78. The Morgan fingerprint density at radius 1 is 1.50 bits per heavy atom. The molecule has 1 aromatic heterocycles.